The predicted molar refractivity (Wildman–Crippen MR) is 29.3 cm³/mol. The van der Waals surface area contributed by atoms with Crippen molar-refractivity contribution in [3.63, 3.8) is 0 Å². The van der Waals surface area contributed by atoms with Crippen LogP contribution >= 0.6 is 0 Å². The highest BCUT2D eigenvalue weighted by molar-refractivity contribution is 5.26. The van der Waals surface area contributed by atoms with Gasteiger partial charge in [0.2, 0.25) is 6.08 Å². The van der Waals surface area contributed by atoms with E-state index in [0.717, 1.165) is 12.2 Å². The summed E-state index contributed by atoms with van der Waals surface area (Å²) in [6.45, 7) is 1.22. The predicted octanol–water partition coefficient (Wildman–Crippen LogP) is 2.03. The van der Waals surface area contributed by atoms with Crippen molar-refractivity contribution in [2.75, 3.05) is 0 Å². The van der Waals surface area contributed by atoms with E-state index in [0.29, 0.717) is 0 Å². The molecule has 0 fully saturated rings. The number of isocyanates is 1. The largest absolute Gasteiger partial charge is 0.289 e. The first-order valence-electron chi connectivity index (χ1n) is 2.23. The van der Waals surface area contributed by atoms with E-state index in [2.05, 4.69) is 0 Å². The number of halogens is 3. The minimum Gasteiger partial charge on any atom is -0.222 e. The van der Waals surface area contributed by atoms with Crippen LogP contribution in [0.2, 0.25) is 0 Å². The molecular weight excluding hydrogens is 147 g/mol. The highest BCUT2D eigenvalue weighted by Crippen LogP contribution is 2.07. The molecule has 0 heterocycles. The Bertz CT molecular complexity index is 138. The molecule has 2 nitrogen and oxygen atoms in total. The molecule has 58 valence electrons. The zero-order valence-corrected chi connectivity index (χ0v) is 5.20. The van der Waals surface area contributed by atoms with Crippen LogP contribution in [0.5, 0.6) is 0 Å². The molecule has 0 aromatic rings. The third-order valence-corrected chi connectivity index (χ3v) is 0.484. The van der Waals surface area contributed by atoms with Crippen molar-refractivity contribution in [3.8, 4) is 0 Å². The Morgan fingerprint density at radius 3 is 2.00 bits per heavy atom. The minimum absolute atomic E-state index is 0.741. The number of hydrogen-bond donors (Lipinski definition) is 1. The lowest BCUT2D eigenvalue weighted by molar-refractivity contribution is 0.158. The second kappa shape index (κ2) is 7.91. The van der Waals surface area contributed by atoms with Gasteiger partial charge in [-0.05, 0) is 6.92 Å². The fraction of sp³-hybridized carbons (Fsp3) is 0.400. The van der Waals surface area contributed by atoms with E-state index < -0.39 is 12.3 Å². The fourth-order valence-electron chi connectivity index (χ4n) is 0.126. The number of allylic oxidation sites excluding steroid dienone is 2. The summed E-state index contributed by atoms with van der Waals surface area (Å²) in [6, 6.07) is 0. The third kappa shape index (κ3) is 10.0. The van der Waals surface area contributed by atoms with Crippen LogP contribution in [0.25, 0.3) is 0 Å². The van der Waals surface area contributed by atoms with E-state index in [1.165, 1.54) is 6.92 Å². The average Bonchev–Trinajstić information content (AvgIpc) is 1.88. The molecule has 0 aliphatic heterocycles. The van der Waals surface area contributed by atoms with Crippen LogP contribution < -0.4 is 0 Å². The van der Waals surface area contributed by atoms with E-state index in [4.69, 9.17) is 10.2 Å². The Hall–Kier alpha value is -1.09. The molecule has 0 saturated carbocycles. The van der Waals surface area contributed by atoms with Crippen molar-refractivity contribution in [2.45, 2.75) is 13.3 Å². The van der Waals surface area contributed by atoms with Crippen LogP contribution in [0.1, 0.15) is 6.92 Å². The Morgan fingerprint density at radius 2 is 2.00 bits per heavy atom. The molecule has 0 radical (unpaired) electrons. The van der Waals surface area contributed by atoms with E-state index in [1.54, 1.807) is 0 Å². The van der Waals surface area contributed by atoms with Gasteiger partial charge in [0.1, 0.15) is 0 Å². The second-order valence-electron chi connectivity index (χ2n) is 1.08. The van der Waals surface area contributed by atoms with Crippen LogP contribution in [-0.4, -0.2) is 12.5 Å². The monoisotopic (exact) mass is 153 g/mol. The highest BCUT2D eigenvalue weighted by Gasteiger charge is 2.06. The molecule has 5 heteroatoms. The summed E-state index contributed by atoms with van der Waals surface area (Å²) in [4.78, 5) is 8.35. The molecule has 0 amide bonds. The fourth-order valence-corrected chi connectivity index (χ4v) is 0.126. The van der Waals surface area contributed by atoms with Gasteiger partial charge in [-0.25, -0.2) is 23.4 Å². The van der Waals surface area contributed by atoms with Crippen LogP contribution in [0.15, 0.2) is 11.9 Å². The minimum atomic E-state index is -2.94. The van der Waals surface area contributed by atoms with Crippen molar-refractivity contribution in [1.29, 1.82) is 5.41 Å². The number of carbonyl (C=O) groups excluding carboxylic acids is 1. The van der Waals surface area contributed by atoms with Gasteiger partial charge >= 0.3 is 0 Å². The average molecular weight is 153 g/mol. The summed E-state index contributed by atoms with van der Waals surface area (Å²) in [5.41, 5.74) is 0. The Morgan fingerprint density at radius 1 is 1.70 bits per heavy atom. The first-order valence-corrected chi connectivity index (χ1v) is 2.23. The molecule has 0 saturated heterocycles. The van der Waals surface area contributed by atoms with Crippen LogP contribution in [0.4, 0.5) is 13.2 Å². The third-order valence-electron chi connectivity index (χ3n) is 0.484. The maximum Gasteiger partial charge on any atom is 0.289 e. The summed E-state index contributed by atoms with van der Waals surface area (Å²) in [6.07, 6.45) is -1.45. The summed E-state index contributed by atoms with van der Waals surface area (Å²) < 4.78 is 33.3. The normalized spacial score (nSPS) is 9.90. The van der Waals surface area contributed by atoms with Gasteiger partial charge in [0.25, 0.3) is 6.43 Å². The van der Waals surface area contributed by atoms with E-state index in [-0.39, 0.29) is 0 Å². The smallest absolute Gasteiger partial charge is 0.222 e. The molecule has 1 N–H and O–H groups in total. The number of hydrogen-bond acceptors (Lipinski definition) is 2. The molecule has 0 rings (SSSR count). The number of alkyl halides is 2. The van der Waals surface area contributed by atoms with Gasteiger partial charge in [-0.1, -0.05) is 6.08 Å². The van der Waals surface area contributed by atoms with Gasteiger partial charge in [0, 0.05) is 0 Å². The Labute approximate surface area is 55.9 Å². The van der Waals surface area contributed by atoms with Crippen molar-refractivity contribution < 1.29 is 18.0 Å². The molecule has 0 aromatic heterocycles. The van der Waals surface area contributed by atoms with Crippen LogP contribution in [-0.2, 0) is 4.79 Å². The van der Waals surface area contributed by atoms with E-state index >= 15 is 0 Å². The molecule has 0 aromatic carbocycles. The molecule has 0 aliphatic rings. The van der Waals surface area contributed by atoms with E-state index in [9.17, 15) is 13.2 Å². The summed E-state index contributed by atoms with van der Waals surface area (Å²) in [7, 11) is 0. The first kappa shape index (κ1) is 11.7. The first-order chi connectivity index (χ1) is 4.59. The van der Waals surface area contributed by atoms with Crippen LogP contribution in [0.3, 0.4) is 0 Å². The Kier molecular flexibility index (Phi) is 9.24. The molecule has 10 heavy (non-hydrogen) atoms. The summed E-state index contributed by atoms with van der Waals surface area (Å²) in [5, 5.41) is 5.40. The maximum absolute atomic E-state index is 11.4. The maximum atomic E-state index is 11.4. The van der Waals surface area contributed by atoms with Gasteiger partial charge in [-0.3, -0.25) is 0 Å². The Balaban J connectivity index is 0. The number of rotatable bonds is 1. The molecule has 0 atom stereocenters. The summed E-state index contributed by atoms with van der Waals surface area (Å²) >= 11 is 0. The lowest BCUT2D eigenvalue weighted by Crippen LogP contribution is -1.87. The molecule has 0 unspecified atom stereocenters. The van der Waals surface area contributed by atoms with Gasteiger partial charge < -0.3 is 0 Å². The molecule has 0 spiro atoms. The van der Waals surface area contributed by atoms with Crippen molar-refractivity contribution in [2.24, 2.45) is 0 Å². The topological polar surface area (TPSA) is 40.9 Å². The van der Waals surface area contributed by atoms with Gasteiger partial charge in [-0.15, -0.1) is 0 Å². The zero-order chi connectivity index (χ0) is 8.57. The standard InChI is InChI=1S/C4H5F3.CHNO/c1-2-3(5)4(6)7;2-1-3/h2,4H,1H3;2H. The SMILES string of the molecule is CC=C(F)C(F)F.N=C=O. The van der Waals surface area contributed by atoms with Gasteiger partial charge in [0.15, 0.2) is 5.83 Å². The molecule has 0 bridgehead atoms. The lowest BCUT2D eigenvalue weighted by atomic mass is 10.5. The number of nitrogens with one attached hydrogen (secondary N) is 1. The van der Waals surface area contributed by atoms with Crippen LogP contribution in [0, 0.1) is 5.41 Å². The molecule has 0 aliphatic carbocycles. The van der Waals surface area contributed by atoms with Gasteiger partial charge in [0.05, 0.1) is 0 Å². The van der Waals surface area contributed by atoms with E-state index in [1.807, 2.05) is 0 Å². The molecular formula is C5H6F3NO. The second-order valence-corrected chi connectivity index (χ2v) is 1.08. The highest BCUT2D eigenvalue weighted by atomic mass is 19.3. The van der Waals surface area contributed by atoms with Gasteiger partial charge in [-0.2, -0.15) is 0 Å². The quantitative estimate of drug-likeness (QED) is 0.454. The zero-order valence-electron chi connectivity index (χ0n) is 5.20. The van der Waals surface area contributed by atoms with Crippen molar-refractivity contribution in [1.82, 2.24) is 0 Å². The summed E-state index contributed by atoms with van der Waals surface area (Å²) in [5.74, 6) is -1.36. The lowest BCUT2D eigenvalue weighted by Gasteiger charge is -1.87. The van der Waals surface area contributed by atoms with Crippen molar-refractivity contribution >= 4 is 6.08 Å². The van der Waals surface area contributed by atoms with Crippen molar-refractivity contribution in [3.05, 3.63) is 11.9 Å².